The SMILES string of the molecule is Clc1ccc(CN2CC(C(c3ccccc3)c3ccccc3)N3CCC[C@H]3C2)c(Cl)c1. The van der Waals surface area contributed by atoms with E-state index in [9.17, 15) is 0 Å². The number of rotatable bonds is 5. The van der Waals surface area contributed by atoms with Crippen LogP contribution in [0.2, 0.25) is 10.0 Å². The van der Waals surface area contributed by atoms with Gasteiger partial charge in [0.15, 0.2) is 0 Å². The summed E-state index contributed by atoms with van der Waals surface area (Å²) in [4.78, 5) is 5.38. The number of piperazine rings is 1. The number of hydrogen-bond acceptors (Lipinski definition) is 2. The number of nitrogens with zero attached hydrogens (tertiary/aromatic N) is 2. The number of benzene rings is 3. The Bertz CT molecular complexity index is 969. The Kier molecular flexibility index (Phi) is 6.34. The van der Waals surface area contributed by atoms with Crippen LogP contribution in [0.25, 0.3) is 0 Å². The molecule has 160 valence electrons. The van der Waals surface area contributed by atoms with Crippen LogP contribution < -0.4 is 0 Å². The summed E-state index contributed by atoms with van der Waals surface area (Å²) in [5, 5.41) is 1.46. The van der Waals surface area contributed by atoms with Gasteiger partial charge in [0.2, 0.25) is 0 Å². The summed E-state index contributed by atoms with van der Waals surface area (Å²) >= 11 is 12.7. The second-order valence-electron chi connectivity index (χ2n) is 8.83. The predicted octanol–water partition coefficient (Wildman–Crippen LogP) is 6.47. The van der Waals surface area contributed by atoms with Gasteiger partial charge < -0.3 is 0 Å². The zero-order chi connectivity index (χ0) is 21.2. The maximum atomic E-state index is 6.53. The van der Waals surface area contributed by atoms with Gasteiger partial charge >= 0.3 is 0 Å². The summed E-state index contributed by atoms with van der Waals surface area (Å²) in [6.45, 7) is 4.20. The molecule has 0 N–H and O–H groups in total. The predicted molar refractivity (Wildman–Crippen MR) is 130 cm³/mol. The largest absolute Gasteiger partial charge is 0.296 e. The van der Waals surface area contributed by atoms with Crippen LogP contribution in [0.15, 0.2) is 78.9 Å². The third-order valence-electron chi connectivity index (χ3n) is 6.87. The second-order valence-corrected chi connectivity index (χ2v) is 9.67. The molecule has 2 heterocycles. The Labute approximate surface area is 195 Å². The number of halogens is 2. The molecule has 0 aliphatic carbocycles. The monoisotopic (exact) mass is 450 g/mol. The molecule has 1 unspecified atom stereocenters. The lowest BCUT2D eigenvalue weighted by molar-refractivity contribution is 0.0384. The molecule has 5 rings (SSSR count). The zero-order valence-electron chi connectivity index (χ0n) is 17.6. The maximum absolute atomic E-state index is 6.53. The molecule has 0 saturated carbocycles. The molecule has 2 nitrogen and oxygen atoms in total. The maximum Gasteiger partial charge on any atom is 0.0465 e. The van der Waals surface area contributed by atoms with Crippen molar-refractivity contribution in [3.05, 3.63) is 106 Å². The molecule has 3 aromatic carbocycles. The normalized spacial score (nSPS) is 22.0. The van der Waals surface area contributed by atoms with E-state index in [0.717, 1.165) is 30.2 Å². The average molecular weight is 451 g/mol. The minimum absolute atomic E-state index is 0.353. The Morgan fingerprint density at radius 1 is 0.839 bits per heavy atom. The highest BCUT2D eigenvalue weighted by Crippen LogP contribution is 2.38. The summed E-state index contributed by atoms with van der Waals surface area (Å²) in [6, 6.07) is 29.0. The Morgan fingerprint density at radius 3 is 2.16 bits per heavy atom. The average Bonchev–Trinajstić information content (AvgIpc) is 3.26. The van der Waals surface area contributed by atoms with Crippen molar-refractivity contribution in [2.75, 3.05) is 19.6 Å². The summed E-state index contributed by atoms with van der Waals surface area (Å²) in [7, 11) is 0. The van der Waals surface area contributed by atoms with Gasteiger partial charge in [0.05, 0.1) is 0 Å². The van der Waals surface area contributed by atoms with E-state index in [1.807, 2.05) is 12.1 Å². The van der Waals surface area contributed by atoms with E-state index >= 15 is 0 Å². The topological polar surface area (TPSA) is 6.48 Å². The van der Waals surface area contributed by atoms with Gasteiger partial charge in [0.25, 0.3) is 0 Å². The van der Waals surface area contributed by atoms with Crippen molar-refractivity contribution in [3.63, 3.8) is 0 Å². The van der Waals surface area contributed by atoms with Crippen LogP contribution in [-0.4, -0.2) is 41.5 Å². The molecular weight excluding hydrogens is 423 g/mol. The lowest BCUT2D eigenvalue weighted by Gasteiger charge is -2.47. The molecule has 4 heteroatoms. The van der Waals surface area contributed by atoms with Gasteiger partial charge in [-0.2, -0.15) is 0 Å². The highest BCUT2D eigenvalue weighted by Gasteiger charge is 2.41. The number of fused-ring (bicyclic) bond motifs is 1. The van der Waals surface area contributed by atoms with Crippen LogP contribution >= 0.6 is 23.2 Å². The number of hydrogen-bond donors (Lipinski definition) is 0. The van der Waals surface area contributed by atoms with Gasteiger partial charge in [-0.3, -0.25) is 9.80 Å². The zero-order valence-corrected chi connectivity index (χ0v) is 19.1. The first-order valence-electron chi connectivity index (χ1n) is 11.2. The molecule has 0 bridgehead atoms. The van der Waals surface area contributed by atoms with Crippen molar-refractivity contribution in [2.45, 2.75) is 37.4 Å². The fourth-order valence-corrected chi connectivity index (χ4v) is 5.98. The first-order valence-corrected chi connectivity index (χ1v) is 12.0. The van der Waals surface area contributed by atoms with E-state index in [2.05, 4.69) is 76.5 Å². The molecular formula is C27H28Cl2N2. The molecule has 0 spiro atoms. The van der Waals surface area contributed by atoms with E-state index in [4.69, 9.17) is 23.2 Å². The van der Waals surface area contributed by atoms with Crippen molar-refractivity contribution in [1.82, 2.24) is 9.80 Å². The molecule has 0 radical (unpaired) electrons. The van der Waals surface area contributed by atoms with Crippen LogP contribution in [0.3, 0.4) is 0 Å². The fraction of sp³-hybridized carbons (Fsp3) is 0.333. The third-order valence-corrected chi connectivity index (χ3v) is 7.46. The van der Waals surface area contributed by atoms with Crippen molar-refractivity contribution in [1.29, 1.82) is 0 Å². The van der Waals surface area contributed by atoms with E-state index in [0.29, 0.717) is 23.0 Å². The summed E-state index contributed by atoms with van der Waals surface area (Å²) in [5.74, 6) is 0.353. The van der Waals surface area contributed by atoms with Crippen molar-refractivity contribution >= 4 is 23.2 Å². The van der Waals surface area contributed by atoms with Gasteiger partial charge in [-0.15, -0.1) is 0 Å². The molecule has 31 heavy (non-hydrogen) atoms. The smallest absolute Gasteiger partial charge is 0.0465 e. The molecule has 0 amide bonds. The van der Waals surface area contributed by atoms with Crippen molar-refractivity contribution < 1.29 is 0 Å². The Morgan fingerprint density at radius 2 is 1.52 bits per heavy atom. The standard InChI is InChI=1S/C27H28Cl2N2/c28-23-14-13-22(25(29)16-23)17-30-18-24-12-7-15-31(24)26(19-30)27(20-8-3-1-4-9-20)21-10-5-2-6-11-21/h1-6,8-11,13-14,16,24,26-27H,7,12,15,17-19H2/t24-,26?/m0/s1. The van der Waals surface area contributed by atoms with Crippen LogP contribution in [-0.2, 0) is 6.54 Å². The van der Waals surface area contributed by atoms with Crippen LogP contribution in [0, 0.1) is 0 Å². The Hall–Kier alpha value is -1.84. The summed E-state index contributed by atoms with van der Waals surface area (Å²) in [6.07, 6.45) is 2.56. The quantitative estimate of drug-likeness (QED) is 0.439. The van der Waals surface area contributed by atoms with E-state index < -0.39 is 0 Å². The molecule has 2 atom stereocenters. The van der Waals surface area contributed by atoms with Gasteiger partial charge in [-0.1, -0.05) is 89.9 Å². The first-order chi connectivity index (χ1) is 15.2. The third kappa shape index (κ3) is 4.54. The highest BCUT2D eigenvalue weighted by atomic mass is 35.5. The van der Waals surface area contributed by atoms with Crippen LogP contribution in [0.1, 0.15) is 35.4 Å². The molecule has 2 aliphatic rings. The van der Waals surface area contributed by atoms with Gasteiger partial charge in [0.1, 0.15) is 0 Å². The molecule has 2 saturated heterocycles. The first kappa shape index (κ1) is 21.0. The van der Waals surface area contributed by atoms with Crippen molar-refractivity contribution in [2.24, 2.45) is 0 Å². The van der Waals surface area contributed by atoms with E-state index in [1.54, 1.807) is 0 Å². The summed E-state index contributed by atoms with van der Waals surface area (Å²) in [5.41, 5.74) is 3.96. The van der Waals surface area contributed by atoms with Gasteiger partial charge in [-0.05, 0) is 48.2 Å². The van der Waals surface area contributed by atoms with Crippen LogP contribution in [0.5, 0.6) is 0 Å². The highest BCUT2D eigenvalue weighted by molar-refractivity contribution is 6.35. The van der Waals surface area contributed by atoms with Gasteiger partial charge in [0, 0.05) is 47.7 Å². The summed E-state index contributed by atoms with van der Waals surface area (Å²) < 4.78 is 0. The van der Waals surface area contributed by atoms with E-state index in [-0.39, 0.29) is 0 Å². The van der Waals surface area contributed by atoms with Crippen molar-refractivity contribution in [3.8, 4) is 0 Å². The minimum Gasteiger partial charge on any atom is -0.296 e. The fourth-order valence-electron chi connectivity index (χ4n) is 5.51. The molecule has 2 fully saturated rings. The lowest BCUT2D eigenvalue weighted by atomic mass is 9.82. The van der Waals surface area contributed by atoms with Gasteiger partial charge in [-0.25, -0.2) is 0 Å². The molecule has 3 aromatic rings. The molecule has 0 aromatic heterocycles. The minimum atomic E-state index is 0.353. The van der Waals surface area contributed by atoms with E-state index in [1.165, 1.54) is 30.5 Å². The Balaban J connectivity index is 1.48. The second kappa shape index (κ2) is 9.34. The molecule has 2 aliphatic heterocycles. The lowest BCUT2D eigenvalue weighted by Crippen LogP contribution is -2.57. The van der Waals surface area contributed by atoms with Crippen LogP contribution in [0.4, 0.5) is 0 Å².